The van der Waals surface area contributed by atoms with Crippen LogP contribution in [0.2, 0.25) is 0 Å². The van der Waals surface area contributed by atoms with E-state index in [-0.39, 0.29) is 12.8 Å². The van der Waals surface area contributed by atoms with Gasteiger partial charge >= 0.3 is 5.92 Å². The molecule has 0 bridgehead atoms. The molecule has 0 spiro atoms. The summed E-state index contributed by atoms with van der Waals surface area (Å²) in [4.78, 5) is 11.2. The Hall–Kier alpha value is -0.510. The summed E-state index contributed by atoms with van der Waals surface area (Å²) in [6.07, 6.45) is 1.19. The van der Waals surface area contributed by atoms with Crippen molar-refractivity contribution in [2.75, 3.05) is 0 Å². The Morgan fingerprint density at radius 1 is 1.36 bits per heavy atom. The van der Waals surface area contributed by atoms with Gasteiger partial charge in [0.15, 0.2) is 0 Å². The number of carbonyl (C=O) groups excluding carboxylic acids is 1. The summed E-state index contributed by atoms with van der Waals surface area (Å²) in [5.74, 6) is -5.48. The number of carbonyl (C=O) groups is 1. The number of rotatable bonds is 3. The zero-order chi connectivity index (χ0) is 11.0. The highest BCUT2D eigenvalue weighted by atomic mass is 19.3. The molecule has 0 heterocycles. The average molecular weight is 206 g/mol. The molecule has 0 atom stereocenters. The molecule has 82 valence electrons. The summed E-state index contributed by atoms with van der Waals surface area (Å²) < 4.78 is 27.1. The maximum absolute atomic E-state index is 13.6. The van der Waals surface area contributed by atoms with E-state index in [2.05, 4.69) is 0 Å². The number of hydrogen-bond acceptors (Lipinski definition) is 2. The number of ketones is 1. The van der Waals surface area contributed by atoms with Gasteiger partial charge in [-0.15, -0.1) is 0 Å². The van der Waals surface area contributed by atoms with Crippen LogP contribution in [-0.2, 0) is 4.79 Å². The lowest BCUT2D eigenvalue weighted by molar-refractivity contribution is -0.191. The second kappa shape index (κ2) is 3.57. The quantitative estimate of drug-likeness (QED) is 0.768. The summed E-state index contributed by atoms with van der Waals surface area (Å²) in [5, 5.41) is 9.67. The fourth-order valence-corrected chi connectivity index (χ4v) is 1.87. The number of Topliss-reactive ketones (excluding diaryl/α,β-unsaturated/α-hetero) is 1. The van der Waals surface area contributed by atoms with Crippen molar-refractivity contribution in [2.24, 2.45) is 5.92 Å². The standard InChI is InChI=1S/C10H16F2O2/c1-7(2)8(13)10(11,12)9(14)5-3-4-6-9/h7,14H,3-6H2,1-2H3. The van der Waals surface area contributed by atoms with Gasteiger partial charge in [-0.3, -0.25) is 4.79 Å². The van der Waals surface area contributed by atoms with Crippen molar-refractivity contribution in [2.45, 2.75) is 51.1 Å². The van der Waals surface area contributed by atoms with Crippen molar-refractivity contribution < 1.29 is 18.7 Å². The van der Waals surface area contributed by atoms with Gasteiger partial charge in [0, 0.05) is 5.92 Å². The van der Waals surface area contributed by atoms with Gasteiger partial charge in [-0.25, -0.2) is 0 Å². The minimum absolute atomic E-state index is 0.0263. The zero-order valence-corrected chi connectivity index (χ0v) is 8.52. The van der Waals surface area contributed by atoms with Gasteiger partial charge in [-0.2, -0.15) is 8.78 Å². The molecule has 1 N–H and O–H groups in total. The van der Waals surface area contributed by atoms with Gasteiger partial charge < -0.3 is 5.11 Å². The van der Waals surface area contributed by atoms with Crippen LogP contribution < -0.4 is 0 Å². The molecule has 0 amide bonds. The van der Waals surface area contributed by atoms with Crippen LogP contribution in [0.5, 0.6) is 0 Å². The third-order valence-corrected chi connectivity index (χ3v) is 2.85. The SMILES string of the molecule is CC(C)C(=O)C(F)(F)C1(O)CCCC1. The first-order valence-electron chi connectivity index (χ1n) is 4.96. The molecule has 1 rings (SSSR count). The van der Waals surface area contributed by atoms with Gasteiger partial charge in [-0.1, -0.05) is 26.7 Å². The van der Waals surface area contributed by atoms with Crippen molar-refractivity contribution in [1.29, 1.82) is 0 Å². The second-order valence-corrected chi connectivity index (χ2v) is 4.33. The van der Waals surface area contributed by atoms with Crippen LogP contribution >= 0.6 is 0 Å². The first-order valence-corrected chi connectivity index (χ1v) is 4.96. The fourth-order valence-electron chi connectivity index (χ4n) is 1.87. The number of hydrogen-bond donors (Lipinski definition) is 1. The first kappa shape index (κ1) is 11.6. The average Bonchev–Trinajstić information content (AvgIpc) is 2.52. The van der Waals surface area contributed by atoms with Crippen LogP contribution in [-0.4, -0.2) is 22.4 Å². The van der Waals surface area contributed by atoms with Crippen molar-refractivity contribution in [3.63, 3.8) is 0 Å². The van der Waals surface area contributed by atoms with E-state index in [1.165, 1.54) is 13.8 Å². The molecule has 1 aliphatic carbocycles. The number of alkyl halides is 2. The first-order chi connectivity index (χ1) is 6.31. The topological polar surface area (TPSA) is 37.3 Å². The predicted octanol–water partition coefficient (Wildman–Crippen LogP) is 2.15. The molecule has 0 aliphatic heterocycles. The molecule has 0 aromatic heterocycles. The molecule has 1 fully saturated rings. The molecule has 0 radical (unpaired) electrons. The lowest BCUT2D eigenvalue weighted by atomic mass is 9.87. The molecule has 1 aliphatic rings. The van der Waals surface area contributed by atoms with Gasteiger partial charge in [-0.05, 0) is 12.8 Å². The fraction of sp³-hybridized carbons (Fsp3) is 0.900. The largest absolute Gasteiger partial charge is 0.383 e. The molecule has 0 aromatic carbocycles. The van der Waals surface area contributed by atoms with E-state index in [0.717, 1.165) is 0 Å². The summed E-state index contributed by atoms with van der Waals surface area (Å²) in [7, 11) is 0. The lowest BCUT2D eigenvalue weighted by Gasteiger charge is -2.31. The minimum Gasteiger partial charge on any atom is -0.383 e. The zero-order valence-electron chi connectivity index (χ0n) is 8.52. The highest BCUT2D eigenvalue weighted by Gasteiger charge is 2.58. The van der Waals surface area contributed by atoms with Gasteiger partial charge in [0.25, 0.3) is 0 Å². The van der Waals surface area contributed by atoms with E-state index < -0.39 is 23.2 Å². The van der Waals surface area contributed by atoms with E-state index in [9.17, 15) is 18.7 Å². The molecule has 14 heavy (non-hydrogen) atoms. The Bertz CT molecular complexity index is 230. The van der Waals surface area contributed by atoms with Gasteiger partial charge in [0.05, 0.1) is 0 Å². The van der Waals surface area contributed by atoms with Crippen molar-refractivity contribution >= 4 is 5.78 Å². The third-order valence-electron chi connectivity index (χ3n) is 2.85. The van der Waals surface area contributed by atoms with Crippen LogP contribution in [0.25, 0.3) is 0 Å². The van der Waals surface area contributed by atoms with Crippen LogP contribution in [0.1, 0.15) is 39.5 Å². The van der Waals surface area contributed by atoms with E-state index in [1.807, 2.05) is 0 Å². The maximum atomic E-state index is 13.6. The third kappa shape index (κ3) is 1.67. The van der Waals surface area contributed by atoms with Gasteiger partial charge in [0.2, 0.25) is 5.78 Å². The molecule has 0 aromatic rings. The molecule has 4 heteroatoms. The number of halogens is 2. The van der Waals surface area contributed by atoms with Crippen molar-refractivity contribution in [3.8, 4) is 0 Å². The Kier molecular flexibility index (Phi) is 2.95. The van der Waals surface area contributed by atoms with Crippen molar-refractivity contribution in [3.05, 3.63) is 0 Å². The molecule has 0 saturated heterocycles. The van der Waals surface area contributed by atoms with Crippen LogP contribution in [0, 0.1) is 5.92 Å². The lowest BCUT2D eigenvalue weighted by Crippen LogP contribution is -2.52. The van der Waals surface area contributed by atoms with Crippen LogP contribution in [0.4, 0.5) is 8.78 Å². The normalized spacial score (nSPS) is 21.6. The summed E-state index contributed by atoms with van der Waals surface area (Å²) in [6.45, 7) is 2.85. The van der Waals surface area contributed by atoms with E-state index in [0.29, 0.717) is 12.8 Å². The predicted molar refractivity (Wildman–Crippen MR) is 48.2 cm³/mol. The van der Waals surface area contributed by atoms with Crippen LogP contribution in [0.3, 0.4) is 0 Å². The molecular weight excluding hydrogens is 190 g/mol. The Labute approximate surface area is 82.3 Å². The second-order valence-electron chi connectivity index (χ2n) is 4.33. The molecule has 1 saturated carbocycles. The van der Waals surface area contributed by atoms with Crippen molar-refractivity contribution in [1.82, 2.24) is 0 Å². The molecule has 0 unspecified atom stereocenters. The summed E-state index contributed by atoms with van der Waals surface area (Å²) >= 11 is 0. The maximum Gasteiger partial charge on any atom is 0.333 e. The van der Waals surface area contributed by atoms with E-state index in [4.69, 9.17) is 0 Å². The number of aliphatic hydroxyl groups is 1. The highest BCUT2D eigenvalue weighted by molar-refractivity contribution is 5.88. The minimum atomic E-state index is -3.59. The highest BCUT2D eigenvalue weighted by Crippen LogP contribution is 2.43. The smallest absolute Gasteiger partial charge is 0.333 e. The molecular formula is C10H16F2O2. The van der Waals surface area contributed by atoms with E-state index in [1.54, 1.807) is 0 Å². The Morgan fingerprint density at radius 2 is 1.79 bits per heavy atom. The summed E-state index contributed by atoms with van der Waals surface area (Å²) in [5.41, 5.74) is -2.09. The van der Waals surface area contributed by atoms with Crippen LogP contribution in [0.15, 0.2) is 0 Å². The monoisotopic (exact) mass is 206 g/mol. The van der Waals surface area contributed by atoms with E-state index >= 15 is 0 Å². The summed E-state index contributed by atoms with van der Waals surface area (Å²) in [6, 6.07) is 0. The Morgan fingerprint density at radius 3 is 2.14 bits per heavy atom. The molecule has 2 nitrogen and oxygen atoms in total. The van der Waals surface area contributed by atoms with Gasteiger partial charge in [0.1, 0.15) is 5.60 Å². The Balaban J connectivity index is 2.88.